The Morgan fingerprint density at radius 2 is 1.18 bits per heavy atom. The predicted octanol–water partition coefficient (Wildman–Crippen LogP) is 8.55. The Balaban J connectivity index is 1.78. The van der Waals surface area contributed by atoms with Gasteiger partial charge in [-0.1, -0.05) is 104 Å². The molecule has 0 aliphatic carbocycles. The van der Waals surface area contributed by atoms with Crippen molar-refractivity contribution in [2.45, 2.75) is 45.5 Å². The molecule has 0 bridgehead atoms. The van der Waals surface area contributed by atoms with Crippen LogP contribution < -0.4 is 10.4 Å². The van der Waals surface area contributed by atoms with Gasteiger partial charge in [0.15, 0.2) is 8.32 Å². The lowest BCUT2D eigenvalue weighted by molar-refractivity contribution is 0.276. The van der Waals surface area contributed by atoms with E-state index < -0.39 is 8.32 Å². The summed E-state index contributed by atoms with van der Waals surface area (Å²) in [6, 6.07) is 15.9. The Hall–Kier alpha value is -1.02. The standard InChI is InChI=1S/C27H28OS4Si/c1-27(2,3)33(4,5)28-17-18-10-11-21-22(16-18)24(26-31-14-15-32-26)20-9-7-6-8-19(20)23(21)25-29-12-13-30-25/h6-16H,17H2,1-5H3. The first kappa shape index (κ1) is 23.7. The minimum atomic E-state index is -1.81. The van der Waals surface area contributed by atoms with Crippen LogP contribution in [0.4, 0.5) is 0 Å². The summed E-state index contributed by atoms with van der Waals surface area (Å²) in [4.78, 5) is 0. The fourth-order valence-corrected chi connectivity index (χ4v) is 8.69. The summed E-state index contributed by atoms with van der Waals surface area (Å²) < 4.78 is 9.32. The molecule has 2 aliphatic rings. The van der Waals surface area contributed by atoms with Crippen molar-refractivity contribution in [3.05, 3.63) is 80.1 Å². The quantitative estimate of drug-likeness (QED) is 0.250. The normalized spacial score (nSPS) is 16.6. The summed E-state index contributed by atoms with van der Waals surface area (Å²) in [5, 5.41) is 17.0. The molecule has 2 aliphatic heterocycles. The minimum Gasteiger partial charge on any atom is -0.413 e. The van der Waals surface area contributed by atoms with Crippen molar-refractivity contribution in [2.24, 2.45) is 0 Å². The highest BCUT2D eigenvalue weighted by Gasteiger charge is 2.37. The van der Waals surface area contributed by atoms with Crippen LogP contribution in [0.25, 0.3) is 30.0 Å². The van der Waals surface area contributed by atoms with Crippen LogP contribution in [0.1, 0.15) is 26.3 Å². The molecule has 0 aromatic heterocycles. The number of hydrogen-bond acceptors (Lipinski definition) is 5. The number of fused-ring (bicyclic) bond motifs is 2. The highest BCUT2D eigenvalue weighted by atomic mass is 32.2. The van der Waals surface area contributed by atoms with Crippen LogP contribution in [0.5, 0.6) is 0 Å². The molecule has 6 heteroatoms. The van der Waals surface area contributed by atoms with Crippen LogP contribution in [-0.4, -0.2) is 8.32 Å². The van der Waals surface area contributed by atoms with E-state index in [9.17, 15) is 0 Å². The molecule has 5 rings (SSSR count). The Labute approximate surface area is 214 Å². The number of rotatable bonds is 3. The van der Waals surface area contributed by atoms with Gasteiger partial charge in [-0.2, -0.15) is 0 Å². The van der Waals surface area contributed by atoms with Gasteiger partial charge in [0.2, 0.25) is 0 Å². The molecule has 0 atom stereocenters. The first-order valence-corrected chi connectivity index (χ1v) is 17.5. The van der Waals surface area contributed by atoms with Gasteiger partial charge in [-0.3, -0.25) is 0 Å². The fourth-order valence-electron chi connectivity index (χ4n) is 3.88. The SMILES string of the molecule is CC(C)(C)[Si](C)(C)OCc1ccc2c(=C3SC=CS3)c3ccccc3c(=C3SC=CS3)c2c1. The van der Waals surface area contributed by atoms with Crippen LogP contribution in [0.15, 0.2) is 64.1 Å². The van der Waals surface area contributed by atoms with Gasteiger partial charge in [0, 0.05) is 10.4 Å². The zero-order chi connectivity index (χ0) is 23.2. The van der Waals surface area contributed by atoms with Crippen LogP contribution in [0.2, 0.25) is 18.1 Å². The van der Waals surface area contributed by atoms with E-state index in [1.54, 1.807) is 0 Å². The molecule has 3 aromatic rings. The topological polar surface area (TPSA) is 9.23 Å². The van der Waals surface area contributed by atoms with Gasteiger partial charge in [0.1, 0.15) is 0 Å². The second-order valence-electron chi connectivity index (χ2n) is 9.82. The monoisotopic (exact) mass is 524 g/mol. The molecule has 2 heterocycles. The lowest BCUT2D eigenvalue weighted by Gasteiger charge is -2.36. The molecule has 0 spiro atoms. The predicted molar refractivity (Wildman–Crippen MR) is 158 cm³/mol. The molecule has 0 radical (unpaired) electrons. The molecule has 0 saturated carbocycles. The Kier molecular flexibility index (Phi) is 6.62. The fraction of sp³-hybridized carbons (Fsp3) is 0.259. The number of thioether (sulfide) groups is 4. The van der Waals surface area contributed by atoms with Gasteiger partial charge in [0.25, 0.3) is 0 Å². The van der Waals surface area contributed by atoms with Crippen LogP contribution in [-0.2, 0) is 11.0 Å². The molecular weight excluding hydrogens is 497 g/mol. The van der Waals surface area contributed by atoms with Crippen molar-refractivity contribution in [1.82, 2.24) is 0 Å². The Morgan fingerprint density at radius 1 is 0.697 bits per heavy atom. The summed E-state index contributed by atoms with van der Waals surface area (Å²) in [6.45, 7) is 12.2. The molecule has 0 saturated heterocycles. The van der Waals surface area contributed by atoms with E-state index in [1.807, 2.05) is 47.0 Å². The molecule has 1 nitrogen and oxygen atoms in total. The van der Waals surface area contributed by atoms with Gasteiger partial charge < -0.3 is 4.43 Å². The summed E-state index contributed by atoms with van der Waals surface area (Å²) in [5.41, 5.74) is 1.26. The van der Waals surface area contributed by atoms with Crippen molar-refractivity contribution in [2.75, 3.05) is 0 Å². The van der Waals surface area contributed by atoms with Crippen molar-refractivity contribution < 1.29 is 4.43 Å². The highest BCUT2D eigenvalue weighted by molar-refractivity contribution is 8.35. The third-order valence-electron chi connectivity index (χ3n) is 6.71. The van der Waals surface area contributed by atoms with Crippen LogP contribution in [0.3, 0.4) is 0 Å². The van der Waals surface area contributed by atoms with Gasteiger partial charge in [0.05, 0.1) is 15.1 Å². The Morgan fingerprint density at radius 3 is 1.70 bits per heavy atom. The average Bonchev–Trinajstić information content (AvgIpc) is 3.49. The lowest BCUT2D eigenvalue weighted by atomic mass is 9.97. The van der Waals surface area contributed by atoms with Gasteiger partial charge in [-0.15, -0.1) is 0 Å². The lowest BCUT2D eigenvalue weighted by Crippen LogP contribution is -2.40. The van der Waals surface area contributed by atoms with E-state index in [1.165, 1.54) is 46.0 Å². The summed E-state index contributed by atoms with van der Waals surface area (Å²) in [6.07, 6.45) is 0. The van der Waals surface area contributed by atoms with Gasteiger partial charge >= 0.3 is 0 Å². The average molecular weight is 525 g/mol. The molecule has 0 fully saturated rings. The van der Waals surface area contributed by atoms with E-state index in [0.29, 0.717) is 6.61 Å². The van der Waals surface area contributed by atoms with Crippen molar-refractivity contribution in [3.8, 4) is 0 Å². The largest absolute Gasteiger partial charge is 0.413 e. The number of benzene rings is 3. The zero-order valence-electron chi connectivity index (χ0n) is 19.6. The molecule has 33 heavy (non-hydrogen) atoms. The third kappa shape index (κ3) is 4.51. The maximum absolute atomic E-state index is 6.60. The third-order valence-corrected chi connectivity index (χ3v) is 15.5. The second kappa shape index (κ2) is 9.21. The van der Waals surface area contributed by atoms with Crippen LogP contribution in [0, 0.1) is 0 Å². The van der Waals surface area contributed by atoms with E-state index in [2.05, 4.69) is 98.0 Å². The summed E-state index contributed by atoms with van der Waals surface area (Å²) in [5.74, 6) is 0. The second-order valence-corrected chi connectivity index (χ2v) is 18.8. The maximum Gasteiger partial charge on any atom is 0.192 e. The summed E-state index contributed by atoms with van der Waals surface area (Å²) in [7, 11) is -1.81. The van der Waals surface area contributed by atoms with Gasteiger partial charge in [-0.25, -0.2) is 0 Å². The Bertz CT molecular complexity index is 1410. The molecule has 0 unspecified atom stereocenters. The summed E-state index contributed by atoms with van der Waals surface area (Å²) >= 11 is 7.34. The van der Waals surface area contributed by atoms with E-state index >= 15 is 0 Å². The zero-order valence-corrected chi connectivity index (χ0v) is 23.9. The molecule has 0 amide bonds. The van der Waals surface area contributed by atoms with Crippen molar-refractivity contribution in [1.29, 1.82) is 0 Å². The van der Waals surface area contributed by atoms with E-state index in [0.717, 1.165) is 0 Å². The first-order valence-electron chi connectivity index (χ1n) is 11.1. The number of hydrogen-bond donors (Lipinski definition) is 0. The van der Waals surface area contributed by atoms with E-state index in [-0.39, 0.29) is 5.04 Å². The highest BCUT2D eigenvalue weighted by Crippen LogP contribution is 2.41. The smallest absolute Gasteiger partial charge is 0.192 e. The molecule has 3 aromatic carbocycles. The molecular formula is C27H28OS4Si. The van der Waals surface area contributed by atoms with Gasteiger partial charge in [-0.05, 0) is 72.9 Å². The molecule has 170 valence electrons. The van der Waals surface area contributed by atoms with E-state index in [4.69, 9.17) is 4.43 Å². The van der Waals surface area contributed by atoms with Crippen molar-refractivity contribution >= 4 is 85.4 Å². The first-order chi connectivity index (χ1) is 15.8. The van der Waals surface area contributed by atoms with Crippen molar-refractivity contribution in [3.63, 3.8) is 0 Å². The van der Waals surface area contributed by atoms with Crippen LogP contribution >= 0.6 is 47.0 Å². The maximum atomic E-state index is 6.60. The molecule has 0 N–H and O–H groups in total. The minimum absolute atomic E-state index is 0.206.